The summed E-state index contributed by atoms with van der Waals surface area (Å²) >= 11 is 15.5. The summed E-state index contributed by atoms with van der Waals surface area (Å²) in [5.74, 6) is 0.469. The van der Waals surface area contributed by atoms with Crippen molar-refractivity contribution < 1.29 is 4.39 Å². The number of rotatable bonds is 2. The fraction of sp³-hybridized carbons (Fsp3) is 0.133. The maximum Gasteiger partial charge on any atom is 0.139 e. The highest BCUT2D eigenvalue weighted by Gasteiger charge is 2.16. The van der Waals surface area contributed by atoms with Gasteiger partial charge in [0.25, 0.3) is 0 Å². The summed E-state index contributed by atoms with van der Waals surface area (Å²) in [7, 11) is 0. The number of hydrogen-bond donors (Lipinski definition) is 0. The molecular formula is C15H10BrCl2FN2. The largest absolute Gasteiger partial charge is 0.294 e. The van der Waals surface area contributed by atoms with E-state index in [0.29, 0.717) is 20.8 Å². The van der Waals surface area contributed by atoms with Crippen molar-refractivity contribution in [2.75, 3.05) is 0 Å². The first kappa shape index (κ1) is 14.8. The molecular weight excluding hydrogens is 378 g/mol. The van der Waals surface area contributed by atoms with Gasteiger partial charge < -0.3 is 0 Å². The van der Waals surface area contributed by atoms with Crippen LogP contribution in [0.4, 0.5) is 4.39 Å². The highest BCUT2D eigenvalue weighted by atomic mass is 79.9. The second-order valence-corrected chi connectivity index (χ2v) is 6.24. The zero-order chi connectivity index (χ0) is 15.1. The van der Waals surface area contributed by atoms with Gasteiger partial charge >= 0.3 is 0 Å². The van der Waals surface area contributed by atoms with Crippen molar-refractivity contribution in [2.24, 2.45) is 0 Å². The van der Waals surface area contributed by atoms with Gasteiger partial charge in [-0.05, 0) is 46.6 Å². The molecule has 0 radical (unpaired) electrons. The molecule has 3 rings (SSSR count). The van der Waals surface area contributed by atoms with E-state index in [1.54, 1.807) is 6.07 Å². The summed E-state index contributed by atoms with van der Waals surface area (Å²) in [5, 5.41) is 0.598. The second-order valence-electron chi connectivity index (χ2n) is 4.71. The first-order valence-corrected chi connectivity index (χ1v) is 7.90. The van der Waals surface area contributed by atoms with Crippen molar-refractivity contribution in [3.8, 4) is 5.69 Å². The predicted octanol–water partition coefficient (Wildman–Crippen LogP) is 5.63. The molecule has 0 amide bonds. The zero-order valence-electron chi connectivity index (χ0n) is 11.0. The molecule has 0 unspecified atom stereocenters. The van der Waals surface area contributed by atoms with Crippen LogP contribution in [-0.4, -0.2) is 9.55 Å². The first-order valence-electron chi connectivity index (χ1n) is 6.20. The van der Waals surface area contributed by atoms with Crippen LogP contribution in [0.15, 0.2) is 34.8 Å². The van der Waals surface area contributed by atoms with Crippen molar-refractivity contribution in [1.82, 2.24) is 9.55 Å². The number of imidazole rings is 1. The van der Waals surface area contributed by atoms with E-state index in [1.807, 2.05) is 29.7 Å². The molecule has 0 N–H and O–H groups in total. The average molecular weight is 388 g/mol. The Morgan fingerprint density at radius 1 is 1.29 bits per heavy atom. The number of alkyl halides is 1. The van der Waals surface area contributed by atoms with Crippen LogP contribution in [0, 0.1) is 12.7 Å². The van der Waals surface area contributed by atoms with E-state index in [4.69, 9.17) is 23.2 Å². The van der Waals surface area contributed by atoms with Gasteiger partial charge in [0, 0.05) is 6.07 Å². The van der Waals surface area contributed by atoms with Gasteiger partial charge in [0.1, 0.15) is 11.6 Å². The molecule has 0 atom stereocenters. The van der Waals surface area contributed by atoms with Gasteiger partial charge in [-0.15, -0.1) is 11.6 Å². The Bertz CT molecular complexity index is 845. The van der Waals surface area contributed by atoms with Gasteiger partial charge in [-0.2, -0.15) is 0 Å². The third kappa shape index (κ3) is 2.56. The summed E-state index contributed by atoms with van der Waals surface area (Å²) in [6.07, 6.45) is 0. The van der Waals surface area contributed by atoms with Crippen LogP contribution in [0.2, 0.25) is 5.02 Å². The van der Waals surface area contributed by atoms with E-state index in [9.17, 15) is 4.39 Å². The fourth-order valence-electron chi connectivity index (χ4n) is 2.27. The molecule has 0 aliphatic rings. The molecule has 0 bridgehead atoms. The van der Waals surface area contributed by atoms with Crippen molar-refractivity contribution in [3.05, 3.63) is 57.0 Å². The number of aromatic nitrogens is 2. The monoisotopic (exact) mass is 386 g/mol. The maximum absolute atomic E-state index is 13.7. The molecule has 0 aliphatic heterocycles. The van der Waals surface area contributed by atoms with E-state index in [2.05, 4.69) is 20.9 Å². The molecule has 1 heterocycles. The highest BCUT2D eigenvalue weighted by Crippen LogP contribution is 2.31. The molecule has 0 fully saturated rings. The van der Waals surface area contributed by atoms with Crippen molar-refractivity contribution in [3.63, 3.8) is 0 Å². The minimum absolute atomic E-state index is 0.206. The van der Waals surface area contributed by atoms with Crippen LogP contribution < -0.4 is 0 Å². The third-order valence-electron chi connectivity index (χ3n) is 3.23. The van der Waals surface area contributed by atoms with E-state index in [1.165, 1.54) is 6.07 Å². The van der Waals surface area contributed by atoms with Gasteiger partial charge in [-0.25, -0.2) is 9.37 Å². The Morgan fingerprint density at radius 3 is 2.71 bits per heavy atom. The summed E-state index contributed by atoms with van der Waals surface area (Å²) < 4.78 is 15.9. The van der Waals surface area contributed by atoms with E-state index >= 15 is 0 Å². The minimum Gasteiger partial charge on any atom is -0.294 e. The lowest BCUT2D eigenvalue weighted by atomic mass is 10.2. The lowest BCUT2D eigenvalue weighted by Gasteiger charge is -2.11. The van der Waals surface area contributed by atoms with Crippen LogP contribution >= 0.6 is 39.1 Å². The maximum atomic E-state index is 13.7. The van der Waals surface area contributed by atoms with E-state index < -0.39 is 0 Å². The smallest absolute Gasteiger partial charge is 0.139 e. The molecule has 2 aromatic carbocycles. The molecule has 1 aromatic heterocycles. The number of benzene rings is 2. The molecule has 3 aromatic rings. The van der Waals surface area contributed by atoms with Gasteiger partial charge in [-0.1, -0.05) is 17.7 Å². The summed E-state index contributed by atoms with van der Waals surface area (Å²) in [4.78, 5) is 4.38. The Balaban J connectivity index is 2.37. The summed E-state index contributed by atoms with van der Waals surface area (Å²) in [6, 6.07) is 8.81. The first-order chi connectivity index (χ1) is 10.0. The van der Waals surface area contributed by atoms with Crippen LogP contribution in [-0.2, 0) is 5.88 Å². The Morgan fingerprint density at radius 2 is 2.05 bits per heavy atom. The van der Waals surface area contributed by atoms with E-state index in [-0.39, 0.29) is 11.7 Å². The number of halogens is 4. The molecule has 0 spiro atoms. The van der Waals surface area contributed by atoms with Crippen LogP contribution in [0.25, 0.3) is 16.7 Å². The minimum atomic E-state index is -0.358. The topological polar surface area (TPSA) is 17.8 Å². The average Bonchev–Trinajstić information content (AvgIpc) is 2.77. The molecule has 6 heteroatoms. The molecule has 0 saturated heterocycles. The summed E-state index contributed by atoms with van der Waals surface area (Å²) in [6.45, 7) is 1.97. The Kier molecular flexibility index (Phi) is 3.95. The Labute approximate surface area is 139 Å². The van der Waals surface area contributed by atoms with Gasteiger partial charge in [0.2, 0.25) is 0 Å². The van der Waals surface area contributed by atoms with Crippen LogP contribution in [0.3, 0.4) is 0 Å². The van der Waals surface area contributed by atoms with Crippen LogP contribution in [0.5, 0.6) is 0 Å². The molecule has 21 heavy (non-hydrogen) atoms. The predicted molar refractivity (Wildman–Crippen MR) is 88.0 cm³/mol. The SMILES string of the molecule is Cc1ccc(-n2c(CCl)nc3cc(F)c(Br)cc32)c(Cl)c1. The number of hydrogen-bond acceptors (Lipinski definition) is 1. The van der Waals surface area contributed by atoms with Gasteiger partial charge in [0.15, 0.2) is 0 Å². The summed E-state index contributed by atoms with van der Waals surface area (Å²) in [5.41, 5.74) is 3.14. The number of nitrogens with zero attached hydrogens (tertiary/aromatic N) is 2. The lowest BCUT2D eigenvalue weighted by Crippen LogP contribution is -2.00. The van der Waals surface area contributed by atoms with Crippen molar-refractivity contribution >= 4 is 50.2 Å². The van der Waals surface area contributed by atoms with Gasteiger partial charge in [-0.3, -0.25) is 4.57 Å². The quantitative estimate of drug-likeness (QED) is 0.521. The molecule has 108 valence electrons. The second kappa shape index (κ2) is 5.59. The molecule has 2 nitrogen and oxygen atoms in total. The van der Waals surface area contributed by atoms with Crippen molar-refractivity contribution in [2.45, 2.75) is 12.8 Å². The highest BCUT2D eigenvalue weighted by molar-refractivity contribution is 9.10. The van der Waals surface area contributed by atoms with Crippen molar-refractivity contribution in [1.29, 1.82) is 0 Å². The number of aryl methyl sites for hydroxylation is 1. The lowest BCUT2D eigenvalue weighted by molar-refractivity contribution is 0.623. The van der Waals surface area contributed by atoms with Crippen LogP contribution in [0.1, 0.15) is 11.4 Å². The normalized spacial score (nSPS) is 11.3. The fourth-order valence-corrected chi connectivity index (χ4v) is 3.10. The Hall–Kier alpha value is -1.10. The van der Waals surface area contributed by atoms with Gasteiger partial charge in [0.05, 0.1) is 32.1 Å². The van der Waals surface area contributed by atoms with E-state index in [0.717, 1.165) is 16.8 Å². The third-order valence-corrected chi connectivity index (χ3v) is 4.38. The molecule has 0 aliphatic carbocycles. The standard InChI is InChI=1S/C15H10BrCl2FN2/c1-8-2-3-13(10(18)4-8)21-14-5-9(16)11(19)6-12(14)20-15(21)7-17/h2-6H,7H2,1H3. The number of fused-ring (bicyclic) bond motifs is 1. The molecule has 0 saturated carbocycles. The zero-order valence-corrected chi connectivity index (χ0v) is 14.1.